The first-order valence-corrected chi connectivity index (χ1v) is 10.7. The van der Waals surface area contributed by atoms with Crippen LogP contribution in [-0.4, -0.2) is 62.6 Å². The highest BCUT2D eigenvalue weighted by Gasteiger charge is 2.07. The van der Waals surface area contributed by atoms with Crippen molar-refractivity contribution in [2.24, 2.45) is 4.99 Å². The van der Waals surface area contributed by atoms with Gasteiger partial charge in [0.2, 0.25) is 0 Å². The molecule has 0 aliphatic carbocycles. The van der Waals surface area contributed by atoms with Crippen LogP contribution in [-0.2, 0) is 11.3 Å². The predicted octanol–water partition coefficient (Wildman–Crippen LogP) is 2.38. The molecule has 1 amide bonds. The van der Waals surface area contributed by atoms with Gasteiger partial charge in [0, 0.05) is 26.2 Å². The number of nitrogens with one attached hydrogen (secondary N) is 3. The molecule has 0 bridgehead atoms. The zero-order valence-corrected chi connectivity index (χ0v) is 18.8. The van der Waals surface area contributed by atoms with Crippen LogP contribution in [0.5, 0.6) is 5.75 Å². The summed E-state index contributed by atoms with van der Waals surface area (Å²) in [5, 5.41) is 9.52. The molecule has 3 N–H and O–H groups in total. The molecule has 1 aromatic rings. The first-order chi connectivity index (χ1) is 14.0. The number of nitrogens with zero attached hydrogens (tertiary/aromatic N) is 2. The van der Waals surface area contributed by atoms with Crippen LogP contribution < -0.4 is 20.7 Å². The first-order valence-electron chi connectivity index (χ1n) is 10.7. The lowest BCUT2D eigenvalue weighted by molar-refractivity contribution is -0.122. The molecular formula is C22H39N5O2. The van der Waals surface area contributed by atoms with E-state index < -0.39 is 0 Å². The lowest BCUT2D eigenvalue weighted by Crippen LogP contribution is -2.42. The van der Waals surface area contributed by atoms with Crippen LogP contribution in [0.2, 0.25) is 0 Å². The lowest BCUT2D eigenvalue weighted by atomic mass is 10.2. The van der Waals surface area contributed by atoms with Gasteiger partial charge in [-0.25, -0.2) is 0 Å². The summed E-state index contributed by atoms with van der Waals surface area (Å²) >= 11 is 0. The van der Waals surface area contributed by atoms with E-state index in [0.717, 1.165) is 44.0 Å². The largest absolute Gasteiger partial charge is 0.484 e. The Morgan fingerprint density at radius 1 is 1.21 bits per heavy atom. The molecule has 1 aromatic carbocycles. The maximum atomic E-state index is 11.5. The van der Waals surface area contributed by atoms with Crippen LogP contribution in [0.3, 0.4) is 0 Å². The molecule has 1 unspecified atom stereocenters. The van der Waals surface area contributed by atoms with E-state index in [2.05, 4.69) is 46.6 Å². The Kier molecular flexibility index (Phi) is 12.5. The third-order valence-corrected chi connectivity index (χ3v) is 4.71. The average molecular weight is 406 g/mol. The van der Waals surface area contributed by atoms with E-state index in [1.807, 2.05) is 31.2 Å². The summed E-state index contributed by atoms with van der Waals surface area (Å²) in [6.45, 7) is 13.1. The second-order valence-corrected chi connectivity index (χ2v) is 7.03. The highest BCUT2D eigenvalue weighted by molar-refractivity contribution is 5.80. The van der Waals surface area contributed by atoms with Gasteiger partial charge >= 0.3 is 0 Å². The number of ether oxygens (including phenoxy) is 1. The van der Waals surface area contributed by atoms with Gasteiger partial charge in [-0.2, -0.15) is 0 Å². The summed E-state index contributed by atoms with van der Waals surface area (Å²) in [7, 11) is 1.78. The number of aliphatic imine (C=N–C) groups is 1. The molecule has 0 aromatic heterocycles. The van der Waals surface area contributed by atoms with E-state index in [4.69, 9.17) is 4.74 Å². The normalized spacial score (nSPS) is 12.6. The van der Waals surface area contributed by atoms with Crippen molar-refractivity contribution in [3.63, 3.8) is 0 Å². The average Bonchev–Trinajstić information content (AvgIpc) is 2.73. The van der Waals surface area contributed by atoms with Crippen LogP contribution in [0.25, 0.3) is 0 Å². The van der Waals surface area contributed by atoms with Gasteiger partial charge in [0.05, 0.1) is 0 Å². The smallest absolute Gasteiger partial charge is 0.257 e. The molecule has 0 heterocycles. The van der Waals surface area contributed by atoms with E-state index in [1.165, 1.54) is 0 Å². The van der Waals surface area contributed by atoms with Crippen LogP contribution in [0.1, 0.15) is 46.1 Å². The van der Waals surface area contributed by atoms with Crippen LogP contribution in [0.4, 0.5) is 0 Å². The van der Waals surface area contributed by atoms with E-state index in [1.54, 1.807) is 7.05 Å². The fraction of sp³-hybridized carbons (Fsp3) is 0.636. The Morgan fingerprint density at radius 3 is 2.62 bits per heavy atom. The molecule has 1 atom stereocenters. The van der Waals surface area contributed by atoms with Gasteiger partial charge in [-0.05, 0) is 64.0 Å². The highest BCUT2D eigenvalue weighted by Crippen LogP contribution is 2.13. The minimum atomic E-state index is -0.115. The minimum absolute atomic E-state index is 0.0267. The van der Waals surface area contributed by atoms with Crippen molar-refractivity contribution in [2.45, 2.75) is 53.1 Å². The number of likely N-dealkylation sites (N-methyl/N-ethyl adjacent to an activating group) is 1. The monoisotopic (exact) mass is 405 g/mol. The zero-order valence-electron chi connectivity index (χ0n) is 18.8. The summed E-state index contributed by atoms with van der Waals surface area (Å²) in [4.78, 5) is 18.3. The maximum absolute atomic E-state index is 11.5. The molecule has 0 aliphatic rings. The second kappa shape index (κ2) is 14.7. The van der Waals surface area contributed by atoms with Crippen molar-refractivity contribution < 1.29 is 9.53 Å². The Bertz CT molecular complexity index is 617. The summed E-state index contributed by atoms with van der Waals surface area (Å²) in [5.41, 5.74) is 1.07. The Hall–Kier alpha value is -2.28. The molecule has 7 heteroatoms. The van der Waals surface area contributed by atoms with Gasteiger partial charge in [0.25, 0.3) is 5.91 Å². The molecule has 7 nitrogen and oxygen atoms in total. The Balaban J connectivity index is 2.41. The van der Waals surface area contributed by atoms with Crippen molar-refractivity contribution in [1.29, 1.82) is 0 Å². The van der Waals surface area contributed by atoms with E-state index in [0.29, 0.717) is 24.9 Å². The summed E-state index contributed by atoms with van der Waals surface area (Å²) in [6, 6.07) is 8.09. The molecule has 0 radical (unpaired) electrons. The third-order valence-electron chi connectivity index (χ3n) is 4.71. The molecular weight excluding hydrogens is 366 g/mol. The Labute approximate surface area is 176 Å². The fourth-order valence-electron chi connectivity index (χ4n) is 2.99. The van der Waals surface area contributed by atoms with Gasteiger partial charge in [0.15, 0.2) is 12.6 Å². The van der Waals surface area contributed by atoms with E-state index in [9.17, 15) is 4.79 Å². The number of amides is 1. The molecule has 0 saturated heterocycles. The molecule has 0 fully saturated rings. The van der Waals surface area contributed by atoms with E-state index >= 15 is 0 Å². The van der Waals surface area contributed by atoms with Gasteiger partial charge in [-0.1, -0.05) is 26.0 Å². The molecule has 0 spiro atoms. The number of rotatable bonds is 13. The number of carbonyl (C=O) groups excluding carboxylic acids is 1. The topological polar surface area (TPSA) is 78.0 Å². The first kappa shape index (κ1) is 24.8. The van der Waals surface area contributed by atoms with Crippen molar-refractivity contribution in [2.75, 3.05) is 39.8 Å². The predicted molar refractivity (Wildman–Crippen MR) is 120 cm³/mol. The molecule has 29 heavy (non-hydrogen) atoms. The van der Waals surface area contributed by atoms with Crippen LogP contribution in [0.15, 0.2) is 29.3 Å². The van der Waals surface area contributed by atoms with Gasteiger partial charge in [-0.3, -0.25) is 9.79 Å². The van der Waals surface area contributed by atoms with Crippen molar-refractivity contribution in [3.8, 4) is 5.75 Å². The number of hydrogen-bond acceptors (Lipinski definition) is 4. The number of hydrogen-bond donors (Lipinski definition) is 3. The highest BCUT2D eigenvalue weighted by atomic mass is 16.5. The van der Waals surface area contributed by atoms with Crippen molar-refractivity contribution in [1.82, 2.24) is 20.9 Å². The Morgan fingerprint density at radius 2 is 1.97 bits per heavy atom. The molecule has 1 rings (SSSR count). The van der Waals surface area contributed by atoms with Crippen molar-refractivity contribution in [3.05, 3.63) is 29.8 Å². The summed E-state index contributed by atoms with van der Waals surface area (Å²) in [6.07, 6.45) is 2.26. The van der Waals surface area contributed by atoms with Crippen molar-refractivity contribution >= 4 is 11.9 Å². The number of benzene rings is 1. The fourth-order valence-corrected chi connectivity index (χ4v) is 2.99. The van der Waals surface area contributed by atoms with Gasteiger partial charge in [-0.15, -0.1) is 0 Å². The third kappa shape index (κ3) is 10.7. The minimum Gasteiger partial charge on any atom is -0.484 e. The standard InChI is InChI=1S/C22H39N5O2/c1-6-24-21(28)17-29-20-13-9-12-19(15-20)16-25-22(23-5)26-18(4)11-10-14-27(7-2)8-3/h9,12-13,15,18H,6-8,10-11,14,16-17H2,1-5H3,(H,24,28)(H2,23,25,26). The second-order valence-electron chi connectivity index (χ2n) is 7.03. The maximum Gasteiger partial charge on any atom is 0.257 e. The van der Waals surface area contributed by atoms with Gasteiger partial charge in [0.1, 0.15) is 5.75 Å². The molecule has 0 saturated carbocycles. The summed E-state index contributed by atoms with van der Waals surface area (Å²) < 4.78 is 5.55. The van der Waals surface area contributed by atoms with Crippen LogP contribution >= 0.6 is 0 Å². The van der Waals surface area contributed by atoms with Gasteiger partial charge < -0.3 is 25.6 Å². The lowest BCUT2D eigenvalue weighted by Gasteiger charge is -2.21. The molecule has 164 valence electrons. The van der Waals surface area contributed by atoms with E-state index in [-0.39, 0.29) is 12.5 Å². The van der Waals surface area contributed by atoms with Crippen LogP contribution in [0, 0.1) is 0 Å². The molecule has 0 aliphatic heterocycles. The SMILES string of the molecule is CCNC(=O)COc1cccc(CNC(=NC)NC(C)CCCN(CC)CC)c1. The quantitative estimate of drug-likeness (QED) is 0.347. The summed E-state index contributed by atoms with van der Waals surface area (Å²) in [5.74, 6) is 1.35. The zero-order chi connectivity index (χ0) is 21.5. The number of carbonyl (C=O) groups is 1. The number of guanidine groups is 1.